The third kappa shape index (κ3) is 4.96. The lowest BCUT2D eigenvalue weighted by atomic mass is 9.91. The number of hydrogen-bond acceptors (Lipinski definition) is 1. The van der Waals surface area contributed by atoms with Crippen molar-refractivity contribution < 1.29 is 0 Å². The first kappa shape index (κ1) is 30.0. The van der Waals surface area contributed by atoms with E-state index < -0.39 is 0 Å². The predicted octanol–water partition coefficient (Wildman–Crippen LogP) is 13.9. The summed E-state index contributed by atoms with van der Waals surface area (Å²) in [7, 11) is 0. The maximum atomic E-state index is 2.41. The van der Waals surface area contributed by atoms with Gasteiger partial charge in [-0.05, 0) is 98.4 Å². The van der Waals surface area contributed by atoms with Crippen molar-refractivity contribution in [3.63, 3.8) is 0 Å². The number of benzene rings is 9. The largest absolute Gasteiger partial charge is 0.310 e. The first-order valence-electron chi connectivity index (χ1n) is 17.9. The molecule has 1 heterocycles. The van der Waals surface area contributed by atoms with Gasteiger partial charge in [0.15, 0.2) is 0 Å². The molecule has 0 radical (unpaired) electrons. The number of rotatable bonds is 6. The van der Waals surface area contributed by atoms with Crippen LogP contribution in [0.1, 0.15) is 0 Å². The molecule has 10 aromatic rings. The minimum Gasteiger partial charge on any atom is -0.310 e. The molecule has 0 atom stereocenters. The van der Waals surface area contributed by atoms with Crippen LogP contribution in [0.2, 0.25) is 0 Å². The molecule has 0 unspecified atom stereocenters. The van der Waals surface area contributed by atoms with Gasteiger partial charge in [0.05, 0.1) is 11.0 Å². The van der Waals surface area contributed by atoms with Gasteiger partial charge in [-0.1, -0.05) is 152 Å². The highest BCUT2D eigenvalue weighted by atomic mass is 15.1. The van der Waals surface area contributed by atoms with E-state index in [1.165, 1.54) is 65.6 Å². The van der Waals surface area contributed by atoms with Crippen LogP contribution >= 0.6 is 0 Å². The van der Waals surface area contributed by atoms with Gasteiger partial charge >= 0.3 is 0 Å². The average Bonchev–Trinajstić information content (AvgIpc) is 3.57. The zero-order chi connectivity index (χ0) is 34.4. The van der Waals surface area contributed by atoms with Gasteiger partial charge in [-0.25, -0.2) is 0 Å². The highest BCUT2D eigenvalue weighted by Gasteiger charge is 2.18. The van der Waals surface area contributed by atoms with Crippen LogP contribution < -0.4 is 4.90 Å². The van der Waals surface area contributed by atoms with Crippen LogP contribution in [0, 0.1) is 0 Å². The van der Waals surface area contributed by atoms with Crippen LogP contribution in [0.4, 0.5) is 17.1 Å². The molecule has 1 aromatic heterocycles. The molecule has 0 aliphatic heterocycles. The summed E-state index contributed by atoms with van der Waals surface area (Å²) in [5.41, 5.74) is 11.7. The summed E-state index contributed by atoms with van der Waals surface area (Å²) in [6.07, 6.45) is 0. The number of fused-ring (bicyclic) bond motifs is 6. The number of hydrogen-bond donors (Lipinski definition) is 0. The van der Waals surface area contributed by atoms with Crippen molar-refractivity contribution >= 4 is 60.4 Å². The molecule has 0 bridgehead atoms. The highest BCUT2D eigenvalue weighted by Crippen LogP contribution is 2.41. The molecule has 0 aliphatic carbocycles. The van der Waals surface area contributed by atoms with Crippen molar-refractivity contribution in [2.45, 2.75) is 0 Å². The standard InChI is InChI=1S/C50H34N2/c1-3-14-35(15-4-1)43-25-11-17-38-18-12-26-44(49(38)43)37-28-31-40(32-29-37)51(39-19-5-2-6-20-39)41-21-13-22-42(34-41)52-47-27-10-9-24-46(47)50-45-23-8-7-16-36(45)30-33-48(50)52/h1-34H. The maximum absolute atomic E-state index is 2.41. The van der Waals surface area contributed by atoms with Gasteiger partial charge < -0.3 is 9.47 Å². The monoisotopic (exact) mass is 662 g/mol. The Hall–Kier alpha value is -6.90. The number of nitrogens with zero attached hydrogens (tertiary/aromatic N) is 2. The summed E-state index contributed by atoms with van der Waals surface area (Å²) in [6.45, 7) is 0. The van der Waals surface area contributed by atoms with Gasteiger partial charge in [-0.15, -0.1) is 0 Å². The Bertz CT molecular complexity index is 2880. The fourth-order valence-electron chi connectivity index (χ4n) is 8.04. The maximum Gasteiger partial charge on any atom is 0.0547 e. The van der Waals surface area contributed by atoms with Crippen LogP contribution in [-0.2, 0) is 0 Å². The first-order chi connectivity index (χ1) is 25.8. The molecule has 0 aliphatic rings. The van der Waals surface area contributed by atoms with E-state index in [9.17, 15) is 0 Å². The topological polar surface area (TPSA) is 8.17 Å². The summed E-state index contributed by atoms with van der Waals surface area (Å²) < 4.78 is 2.41. The van der Waals surface area contributed by atoms with Gasteiger partial charge in [0, 0.05) is 33.5 Å². The minimum absolute atomic E-state index is 1.10. The zero-order valence-electron chi connectivity index (χ0n) is 28.5. The molecule has 2 nitrogen and oxygen atoms in total. The van der Waals surface area contributed by atoms with Crippen LogP contribution in [-0.4, -0.2) is 4.57 Å². The normalized spacial score (nSPS) is 11.5. The van der Waals surface area contributed by atoms with Crippen molar-refractivity contribution in [2.24, 2.45) is 0 Å². The summed E-state index contributed by atoms with van der Waals surface area (Å²) in [6, 6.07) is 74.6. The van der Waals surface area contributed by atoms with E-state index in [4.69, 9.17) is 0 Å². The fourth-order valence-corrected chi connectivity index (χ4v) is 8.04. The lowest BCUT2D eigenvalue weighted by Crippen LogP contribution is -2.10. The van der Waals surface area contributed by atoms with Gasteiger partial charge in [-0.2, -0.15) is 0 Å². The predicted molar refractivity (Wildman–Crippen MR) is 221 cm³/mol. The molecular formula is C50H34N2. The van der Waals surface area contributed by atoms with E-state index in [1.807, 2.05) is 0 Å². The van der Waals surface area contributed by atoms with E-state index >= 15 is 0 Å². The number of aromatic nitrogens is 1. The first-order valence-corrected chi connectivity index (χ1v) is 17.9. The van der Waals surface area contributed by atoms with Crippen LogP contribution in [0.5, 0.6) is 0 Å². The molecule has 0 spiro atoms. The van der Waals surface area contributed by atoms with E-state index in [-0.39, 0.29) is 0 Å². The molecule has 0 saturated heterocycles. The van der Waals surface area contributed by atoms with Gasteiger partial charge in [0.25, 0.3) is 0 Å². The molecule has 0 fully saturated rings. The van der Waals surface area contributed by atoms with Crippen molar-refractivity contribution in [1.82, 2.24) is 4.57 Å². The SMILES string of the molecule is c1ccc(-c2cccc3cccc(-c4ccc(N(c5ccccc5)c5cccc(-n6c7ccccc7c7c8ccccc8ccc76)c5)cc4)c23)cc1. The third-order valence-corrected chi connectivity index (χ3v) is 10.3. The zero-order valence-corrected chi connectivity index (χ0v) is 28.5. The molecule has 0 saturated carbocycles. The van der Waals surface area contributed by atoms with Crippen molar-refractivity contribution in [3.05, 3.63) is 206 Å². The average molecular weight is 663 g/mol. The number of anilines is 3. The summed E-state index contributed by atoms with van der Waals surface area (Å²) in [4.78, 5) is 2.36. The molecule has 52 heavy (non-hydrogen) atoms. The molecular weight excluding hydrogens is 629 g/mol. The van der Waals surface area contributed by atoms with Gasteiger partial charge in [0.1, 0.15) is 0 Å². The molecule has 9 aromatic carbocycles. The van der Waals surface area contributed by atoms with E-state index in [0.29, 0.717) is 0 Å². The fraction of sp³-hybridized carbons (Fsp3) is 0. The second-order valence-electron chi connectivity index (χ2n) is 13.3. The Morgan fingerprint density at radius 3 is 1.67 bits per heavy atom. The molecule has 244 valence electrons. The van der Waals surface area contributed by atoms with Crippen LogP contribution in [0.3, 0.4) is 0 Å². The third-order valence-electron chi connectivity index (χ3n) is 10.3. The van der Waals surface area contributed by atoms with Crippen molar-refractivity contribution in [1.29, 1.82) is 0 Å². The Balaban J connectivity index is 1.11. The summed E-state index contributed by atoms with van der Waals surface area (Å²) in [5.74, 6) is 0. The quantitative estimate of drug-likeness (QED) is 0.172. The Kier molecular flexibility index (Phi) is 7.18. The Morgan fingerprint density at radius 2 is 0.904 bits per heavy atom. The lowest BCUT2D eigenvalue weighted by Gasteiger charge is -2.26. The van der Waals surface area contributed by atoms with E-state index in [2.05, 4.69) is 216 Å². The highest BCUT2D eigenvalue weighted by molar-refractivity contribution is 6.21. The second-order valence-corrected chi connectivity index (χ2v) is 13.3. The molecule has 10 rings (SSSR count). The second kappa shape index (κ2) is 12.5. The van der Waals surface area contributed by atoms with Gasteiger partial charge in [-0.3, -0.25) is 0 Å². The minimum atomic E-state index is 1.10. The smallest absolute Gasteiger partial charge is 0.0547 e. The van der Waals surface area contributed by atoms with Gasteiger partial charge in [0.2, 0.25) is 0 Å². The summed E-state index contributed by atoms with van der Waals surface area (Å²) >= 11 is 0. The van der Waals surface area contributed by atoms with E-state index in [0.717, 1.165) is 22.7 Å². The Morgan fingerprint density at radius 1 is 0.327 bits per heavy atom. The van der Waals surface area contributed by atoms with Crippen LogP contribution in [0.15, 0.2) is 206 Å². The van der Waals surface area contributed by atoms with E-state index in [1.54, 1.807) is 0 Å². The molecule has 0 amide bonds. The van der Waals surface area contributed by atoms with Crippen molar-refractivity contribution in [2.75, 3.05) is 4.90 Å². The lowest BCUT2D eigenvalue weighted by molar-refractivity contribution is 1.17. The summed E-state index contributed by atoms with van der Waals surface area (Å²) in [5, 5.41) is 7.60. The Labute approximate surface area is 303 Å². The van der Waals surface area contributed by atoms with Crippen LogP contribution in [0.25, 0.3) is 71.3 Å². The molecule has 2 heteroatoms. The molecule has 0 N–H and O–H groups in total. The number of para-hydroxylation sites is 2. The van der Waals surface area contributed by atoms with Crippen molar-refractivity contribution in [3.8, 4) is 27.9 Å².